The van der Waals surface area contributed by atoms with Crippen molar-refractivity contribution < 1.29 is 0 Å². The average Bonchev–Trinajstić information content (AvgIpc) is 2.20. The van der Waals surface area contributed by atoms with Crippen molar-refractivity contribution >= 4 is 34.9 Å². The van der Waals surface area contributed by atoms with Crippen molar-refractivity contribution in [2.45, 2.75) is 19.9 Å². The van der Waals surface area contributed by atoms with Crippen molar-refractivity contribution in [2.75, 3.05) is 22.6 Å². The summed E-state index contributed by atoms with van der Waals surface area (Å²) in [4.78, 5) is 4.14. The van der Waals surface area contributed by atoms with Gasteiger partial charge >= 0.3 is 0 Å². The lowest BCUT2D eigenvalue weighted by atomic mass is 10.3. The minimum absolute atomic E-state index is 0.336. The van der Waals surface area contributed by atoms with Crippen LogP contribution in [-0.2, 0) is 0 Å². The molecule has 0 radical (unpaired) electrons. The first kappa shape index (κ1) is 12.5. The van der Waals surface area contributed by atoms with E-state index >= 15 is 0 Å². The summed E-state index contributed by atoms with van der Waals surface area (Å²) in [6, 6.07) is 3.79. The van der Waals surface area contributed by atoms with Crippen LogP contribution in [0.2, 0.25) is 5.15 Å². The number of pyridine rings is 1. The number of hydrogen-bond donors (Lipinski definition) is 2. The minimum atomic E-state index is 0.336. The lowest BCUT2D eigenvalue weighted by Crippen LogP contribution is -2.19. The molecule has 1 aromatic rings. The summed E-state index contributed by atoms with van der Waals surface area (Å²) in [5.74, 6) is 2.82. The van der Waals surface area contributed by atoms with E-state index in [1.807, 2.05) is 11.8 Å². The predicted octanol–water partition coefficient (Wildman–Crippen LogP) is 2.87. The maximum atomic E-state index is 5.79. The van der Waals surface area contributed by atoms with Gasteiger partial charge in [0.05, 0.1) is 5.69 Å². The maximum Gasteiger partial charge on any atom is 0.151 e. The third kappa shape index (κ3) is 4.18. The molecule has 3 N–H and O–H groups in total. The van der Waals surface area contributed by atoms with Gasteiger partial charge in [-0.05, 0) is 24.8 Å². The highest BCUT2D eigenvalue weighted by Gasteiger charge is 2.06. The van der Waals surface area contributed by atoms with Gasteiger partial charge in [-0.25, -0.2) is 4.98 Å². The van der Waals surface area contributed by atoms with Crippen LogP contribution in [0, 0.1) is 0 Å². The fourth-order valence-electron chi connectivity index (χ4n) is 1.13. The highest BCUT2D eigenvalue weighted by Crippen LogP contribution is 2.19. The van der Waals surface area contributed by atoms with Gasteiger partial charge in [0.1, 0.15) is 5.15 Å². The third-order valence-corrected chi connectivity index (χ3v) is 3.20. The molecule has 1 heterocycles. The molecule has 0 aliphatic heterocycles. The Bertz CT molecular complexity index is 320. The smallest absolute Gasteiger partial charge is 0.151 e. The van der Waals surface area contributed by atoms with Gasteiger partial charge in [0.15, 0.2) is 5.82 Å². The molecule has 15 heavy (non-hydrogen) atoms. The number of nitrogen functional groups attached to an aromatic ring is 1. The number of rotatable bonds is 5. The molecule has 0 aromatic carbocycles. The molecule has 0 aliphatic carbocycles. The maximum absolute atomic E-state index is 5.79. The van der Waals surface area contributed by atoms with Gasteiger partial charge in [-0.15, -0.1) is 0 Å². The first-order chi connectivity index (χ1) is 7.13. The number of nitrogens with one attached hydrogen (secondary N) is 1. The van der Waals surface area contributed by atoms with Crippen LogP contribution in [0.15, 0.2) is 12.1 Å². The second-order valence-corrected chi connectivity index (χ2v) is 4.98. The summed E-state index contributed by atoms with van der Waals surface area (Å²) >= 11 is 7.67. The van der Waals surface area contributed by atoms with Crippen LogP contribution < -0.4 is 11.1 Å². The molecule has 84 valence electrons. The highest BCUT2D eigenvalue weighted by atomic mass is 35.5. The number of anilines is 2. The van der Waals surface area contributed by atoms with Crippen molar-refractivity contribution in [3.8, 4) is 0 Å². The zero-order chi connectivity index (χ0) is 11.3. The number of halogens is 1. The Morgan fingerprint density at radius 3 is 3.00 bits per heavy atom. The SMILES string of the molecule is CCSCC(C)Nc1nc(Cl)ccc1N. The molecule has 3 nitrogen and oxygen atoms in total. The van der Waals surface area contributed by atoms with Crippen LogP contribution in [0.3, 0.4) is 0 Å². The summed E-state index contributed by atoms with van der Waals surface area (Å²) < 4.78 is 0. The van der Waals surface area contributed by atoms with Crippen molar-refractivity contribution in [1.29, 1.82) is 0 Å². The molecule has 0 saturated heterocycles. The molecular formula is C10H16ClN3S. The molecule has 1 rings (SSSR count). The minimum Gasteiger partial charge on any atom is -0.396 e. The molecular weight excluding hydrogens is 230 g/mol. The van der Waals surface area contributed by atoms with E-state index in [1.54, 1.807) is 12.1 Å². The monoisotopic (exact) mass is 245 g/mol. The molecule has 0 aliphatic rings. The van der Waals surface area contributed by atoms with E-state index in [4.69, 9.17) is 17.3 Å². The molecule has 0 fully saturated rings. The predicted molar refractivity (Wildman–Crippen MR) is 69.7 cm³/mol. The Balaban J connectivity index is 2.59. The topological polar surface area (TPSA) is 50.9 Å². The van der Waals surface area contributed by atoms with Crippen LogP contribution in [0.1, 0.15) is 13.8 Å². The summed E-state index contributed by atoms with van der Waals surface area (Å²) in [6.45, 7) is 4.24. The number of nitrogens with two attached hydrogens (primary N) is 1. The van der Waals surface area contributed by atoms with Gasteiger partial charge < -0.3 is 11.1 Å². The molecule has 0 saturated carbocycles. The van der Waals surface area contributed by atoms with Crippen LogP contribution in [-0.4, -0.2) is 22.5 Å². The molecule has 5 heteroatoms. The lowest BCUT2D eigenvalue weighted by molar-refractivity contribution is 0.903. The van der Waals surface area contributed by atoms with Crippen molar-refractivity contribution in [1.82, 2.24) is 4.98 Å². The highest BCUT2D eigenvalue weighted by molar-refractivity contribution is 7.99. The quantitative estimate of drug-likeness (QED) is 0.784. The molecule has 0 spiro atoms. The Hall–Kier alpha value is -0.610. The van der Waals surface area contributed by atoms with E-state index in [2.05, 4.69) is 24.1 Å². The zero-order valence-electron chi connectivity index (χ0n) is 8.96. The van der Waals surface area contributed by atoms with Gasteiger partial charge in [0.25, 0.3) is 0 Å². The molecule has 0 bridgehead atoms. The number of thioether (sulfide) groups is 1. The second kappa shape index (κ2) is 6.08. The van der Waals surface area contributed by atoms with E-state index in [1.165, 1.54) is 0 Å². The van der Waals surface area contributed by atoms with Crippen molar-refractivity contribution in [3.63, 3.8) is 0 Å². The summed E-state index contributed by atoms with van der Waals surface area (Å²) in [5, 5.41) is 3.70. The lowest BCUT2D eigenvalue weighted by Gasteiger charge is -2.15. The Morgan fingerprint density at radius 1 is 1.60 bits per heavy atom. The third-order valence-electron chi connectivity index (χ3n) is 1.85. The summed E-state index contributed by atoms with van der Waals surface area (Å²) in [5.41, 5.74) is 6.41. The number of hydrogen-bond acceptors (Lipinski definition) is 4. The first-order valence-electron chi connectivity index (χ1n) is 4.89. The van der Waals surface area contributed by atoms with Gasteiger partial charge in [-0.2, -0.15) is 11.8 Å². The second-order valence-electron chi connectivity index (χ2n) is 3.28. The fraction of sp³-hybridized carbons (Fsp3) is 0.500. The van der Waals surface area contributed by atoms with E-state index < -0.39 is 0 Å². The largest absolute Gasteiger partial charge is 0.396 e. The van der Waals surface area contributed by atoms with Crippen LogP contribution in [0.25, 0.3) is 0 Å². The molecule has 1 aromatic heterocycles. The van der Waals surface area contributed by atoms with Gasteiger partial charge in [-0.1, -0.05) is 18.5 Å². The Labute approximate surface area is 99.8 Å². The Kier molecular flexibility index (Phi) is 5.05. The van der Waals surface area contributed by atoms with Crippen LogP contribution in [0.4, 0.5) is 11.5 Å². The summed E-state index contributed by atoms with van der Waals surface area (Å²) in [6.07, 6.45) is 0. The first-order valence-corrected chi connectivity index (χ1v) is 6.43. The molecule has 1 unspecified atom stereocenters. The van der Waals surface area contributed by atoms with Crippen molar-refractivity contribution in [2.24, 2.45) is 0 Å². The normalized spacial score (nSPS) is 12.5. The van der Waals surface area contributed by atoms with Crippen LogP contribution in [0.5, 0.6) is 0 Å². The van der Waals surface area contributed by atoms with Gasteiger partial charge in [-0.3, -0.25) is 0 Å². The standard InChI is InChI=1S/C10H16ClN3S/c1-3-15-6-7(2)13-10-8(12)4-5-9(11)14-10/h4-5,7H,3,6,12H2,1-2H3,(H,13,14). The number of nitrogens with zero attached hydrogens (tertiary/aromatic N) is 1. The van der Waals surface area contributed by atoms with E-state index in [0.29, 0.717) is 22.7 Å². The molecule has 1 atom stereocenters. The van der Waals surface area contributed by atoms with E-state index in [0.717, 1.165) is 11.5 Å². The average molecular weight is 246 g/mol. The molecule has 0 amide bonds. The van der Waals surface area contributed by atoms with Crippen molar-refractivity contribution in [3.05, 3.63) is 17.3 Å². The van der Waals surface area contributed by atoms with Crippen LogP contribution >= 0.6 is 23.4 Å². The van der Waals surface area contributed by atoms with E-state index in [9.17, 15) is 0 Å². The summed E-state index contributed by atoms with van der Waals surface area (Å²) in [7, 11) is 0. The Morgan fingerprint density at radius 2 is 2.33 bits per heavy atom. The van der Waals surface area contributed by atoms with E-state index in [-0.39, 0.29) is 0 Å². The van der Waals surface area contributed by atoms with Gasteiger partial charge in [0, 0.05) is 11.8 Å². The zero-order valence-corrected chi connectivity index (χ0v) is 10.5. The van der Waals surface area contributed by atoms with Gasteiger partial charge in [0.2, 0.25) is 0 Å². The fourth-order valence-corrected chi connectivity index (χ4v) is 1.95. The number of aromatic nitrogens is 1.